The Morgan fingerprint density at radius 3 is 2.48 bits per heavy atom. The Balaban J connectivity index is 1.69. The van der Waals surface area contributed by atoms with E-state index in [4.69, 9.17) is 5.10 Å². The quantitative estimate of drug-likeness (QED) is 0.689. The zero-order chi connectivity index (χ0) is 18.6. The summed E-state index contributed by atoms with van der Waals surface area (Å²) in [7, 11) is 0. The molecule has 3 aromatic rings. The second-order valence-electron chi connectivity index (χ2n) is 7.44. The van der Waals surface area contributed by atoms with Crippen LogP contribution >= 0.6 is 0 Å². The molecule has 4 nitrogen and oxygen atoms in total. The van der Waals surface area contributed by atoms with Crippen LogP contribution in [-0.2, 0) is 6.54 Å². The largest absolute Gasteiger partial charge is 0.338 e. The summed E-state index contributed by atoms with van der Waals surface area (Å²) in [6.45, 7) is 4.54. The smallest absolute Gasteiger partial charge is 0.257 e. The number of rotatable bonds is 4. The first-order chi connectivity index (χ1) is 13.2. The molecule has 2 aromatic carbocycles. The molecule has 2 heterocycles. The molecule has 0 unspecified atom stereocenters. The molecule has 1 aromatic heterocycles. The van der Waals surface area contributed by atoms with Gasteiger partial charge in [-0.3, -0.25) is 9.48 Å². The maximum atomic E-state index is 13.3. The highest BCUT2D eigenvalue weighted by atomic mass is 16.2. The molecule has 27 heavy (non-hydrogen) atoms. The van der Waals surface area contributed by atoms with Gasteiger partial charge >= 0.3 is 0 Å². The van der Waals surface area contributed by atoms with Crippen molar-refractivity contribution in [2.45, 2.75) is 26.3 Å². The molecule has 0 radical (unpaired) electrons. The number of likely N-dealkylation sites (tertiary alicyclic amines) is 1. The van der Waals surface area contributed by atoms with E-state index in [1.165, 1.54) is 12.0 Å². The number of carbonyl (C=O) groups excluding carboxylic acids is 1. The second-order valence-corrected chi connectivity index (χ2v) is 7.44. The standard InChI is InChI=1S/C23H25N3O/c1-18-9-8-14-25(15-18)23(27)21-17-26(16-19-10-4-2-5-11-19)24-22(21)20-12-6-3-7-13-20/h2-7,10-13,17-18H,8-9,14-16H2,1H3/t18-/m0/s1. The zero-order valence-corrected chi connectivity index (χ0v) is 15.7. The Morgan fingerprint density at radius 1 is 1.07 bits per heavy atom. The zero-order valence-electron chi connectivity index (χ0n) is 15.7. The lowest BCUT2D eigenvalue weighted by molar-refractivity contribution is 0.0683. The molecule has 1 amide bonds. The van der Waals surface area contributed by atoms with Gasteiger partial charge in [-0.15, -0.1) is 0 Å². The molecule has 138 valence electrons. The van der Waals surface area contributed by atoms with Crippen molar-refractivity contribution in [2.24, 2.45) is 5.92 Å². The predicted octanol–water partition coefficient (Wildman–Crippen LogP) is 4.47. The van der Waals surface area contributed by atoms with Gasteiger partial charge in [0.1, 0.15) is 5.69 Å². The SMILES string of the molecule is C[C@H]1CCCN(C(=O)c2cn(Cc3ccccc3)nc2-c2ccccc2)C1. The Bertz CT molecular complexity index is 902. The highest BCUT2D eigenvalue weighted by molar-refractivity contribution is 5.99. The number of amides is 1. The number of carbonyl (C=O) groups is 1. The van der Waals surface area contributed by atoms with Crippen LogP contribution in [0.5, 0.6) is 0 Å². The van der Waals surface area contributed by atoms with Crippen LogP contribution in [0, 0.1) is 5.92 Å². The fraction of sp³-hybridized carbons (Fsp3) is 0.304. The maximum Gasteiger partial charge on any atom is 0.257 e. The predicted molar refractivity (Wildman–Crippen MR) is 108 cm³/mol. The van der Waals surface area contributed by atoms with Gasteiger partial charge < -0.3 is 4.90 Å². The van der Waals surface area contributed by atoms with E-state index in [0.717, 1.165) is 30.8 Å². The van der Waals surface area contributed by atoms with Crippen LogP contribution in [0.25, 0.3) is 11.3 Å². The number of piperidine rings is 1. The van der Waals surface area contributed by atoms with E-state index < -0.39 is 0 Å². The van der Waals surface area contributed by atoms with E-state index in [9.17, 15) is 4.79 Å². The van der Waals surface area contributed by atoms with E-state index >= 15 is 0 Å². The van der Waals surface area contributed by atoms with E-state index in [1.54, 1.807) is 0 Å². The topological polar surface area (TPSA) is 38.1 Å². The van der Waals surface area contributed by atoms with Crippen molar-refractivity contribution >= 4 is 5.91 Å². The molecule has 1 saturated heterocycles. The summed E-state index contributed by atoms with van der Waals surface area (Å²) in [6, 6.07) is 20.2. The molecule has 4 heteroatoms. The summed E-state index contributed by atoms with van der Waals surface area (Å²) in [5, 5.41) is 4.78. The summed E-state index contributed by atoms with van der Waals surface area (Å²) in [5.74, 6) is 0.655. The summed E-state index contributed by atoms with van der Waals surface area (Å²) >= 11 is 0. The summed E-state index contributed by atoms with van der Waals surface area (Å²) in [6.07, 6.45) is 4.19. The monoisotopic (exact) mass is 359 g/mol. The molecule has 0 bridgehead atoms. The second kappa shape index (κ2) is 7.78. The van der Waals surface area contributed by atoms with Gasteiger partial charge in [-0.05, 0) is 24.3 Å². The molecule has 0 saturated carbocycles. The number of benzene rings is 2. The lowest BCUT2D eigenvalue weighted by Gasteiger charge is -2.30. The van der Waals surface area contributed by atoms with Crippen molar-refractivity contribution in [3.63, 3.8) is 0 Å². The molecule has 1 atom stereocenters. The number of nitrogens with zero attached hydrogens (tertiary/aromatic N) is 3. The van der Waals surface area contributed by atoms with Crippen LogP contribution in [-0.4, -0.2) is 33.7 Å². The lowest BCUT2D eigenvalue weighted by Crippen LogP contribution is -2.39. The molecule has 4 rings (SSSR count). The summed E-state index contributed by atoms with van der Waals surface area (Å²) < 4.78 is 1.89. The van der Waals surface area contributed by atoms with Gasteiger partial charge in [-0.25, -0.2) is 0 Å². The fourth-order valence-corrected chi connectivity index (χ4v) is 3.78. The van der Waals surface area contributed by atoms with Crippen LogP contribution in [0.2, 0.25) is 0 Å². The third-order valence-corrected chi connectivity index (χ3v) is 5.17. The molecule has 0 N–H and O–H groups in total. The van der Waals surface area contributed by atoms with Crippen molar-refractivity contribution < 1.29 is 4.79 Å². The van der Waals surface area contributed by atoms with E-state index in [1.807, 2.05) is 64.3 Å². The first-order valence-electron chi connectivity index (χ1n) is 9.67. The minimum atomic E-state index is 0.0970. The number of hydrogen-bond acceptors (Lipinski definition) is 2. The van der Waals surface area contributed by atoms with Gasteiger partial charge in [0.25, 0.3) is 5.91 Å². The molecule has 0 aliphatic carbocycles. The Morgan fingerprint density at radius 2 is 1.78 bits per heavy atom. The van der Waals surface area contributed by atoms with Crippen LogP contribution in [0.4, 0.5) is 0 Å². The lowest BCUT2D eigenvalue weighted by atomic mass is 9.99. The molecular formula is C23H25N3O. The molecule has 1 aliphatic rings. The first kappa shape index (κ1) is 17.5. The van der Waals surface area contributed by atoms with Crippen molar-refractivity contribution in [1.82, 2.24) is 14.7 Å². The highest BCUT2D eigenvalue weighted by Crippen LogP contribution is 2.26. The van der Waals surface area contributed by atoms with Crippen molar-refractivity contribution in [1.29, 1.82) is 0 Å². The van der Waals surface area contributed by atoms with Gasteiger partial charge in [-0.2, -0.15) is 5.10 Å². The normalized spacial score (nSPS) is 17.1. The van der Waals surface area contributed by atoms with Gasteiger partial charge in [0, 0.05) is 24.8 Å². The van der Waals surface area contributed by atoms with Crippen molar-refractivity contribution in [3.8, 4) is 11.3 Å². The van der Waals surface area contributed by atoms with Gasteiger partial charge in [-0.1, -0.05) is 67.6 Å². The Labute approximate surface area is 160 Å². The van der Waals surface area contributed by atoms with E-state index in [0.29, 0.717) is 18.0 Å². The Kier molecular flexibility index (Phi) is 5.05. The van der Waals surface area contributed by atoms with Crippen molar-refractivity contribution in [2.75, 3.05) is 13.1 Å². The van der Waals surface area contributed by atoms with Gasteiger partial charge in [0.2, 0.25) is 0 Å². The van der Waals surface area contributed by atoms with Gasteiger partial charge in [0.05, 0.1) is 12.1 Å². The summed E-state index contributed by atoms with van der Waals surface area (Å²) in [4.78, 5) is 15.3. The third kappa shape index (κ3) is 3.95. The van der Waals surface area contributed by atoms with Crippen molar-refractivity contribution in [3.05, 3.63) is 78.0 Å². The minimum absolute atomic E-state index is 0.0970. The Hall–Kier alpha value is -2.88. The van der Waals surface area contributed by atoms with Crippen LogP contribution in [0.3, 0.4) is 0 Å². The summed E-state index contributed by atoms with van der Waals surface area (Å²) in [5.41, 5.74) is 3.63. The van der Waals surface area contributed by atoms with Crippen LogP contribution in [0.15, 0.2) is 66.9 Å². The first-order valence-corrected chi connectivity index (χ1v) is 9.67. The van der Waals surface area contributed by atoms with E-state index in [2.05, 4.69) is 19.1 Å². The average molecular weight is 359 g/mol. The molecule has 0 spiro atoms. The van der Waals surface area contributed by atoms with E-state index in [-0.39, 0.29) is 5.91 Å². The number of hydrogen-bond donors (Lipinski definition) is 0. The molecular weight excluding hydrogens is 334 g/mol. The van der Waals surface area contributed by atoms with Crippen LogP contribution in [0.1, 0.15) is 35.7 Å². The molecule has 1 aliphatic heterocycles. The van der Waals surface area contributed by atoms with Gasteiger partial charge in [0.15, 0.2) is 0 Å². The van der Waals surface area contributed by atoms with Crippen LogP contribution < -0.4 is 0 Å². The average Bonchev–Trinajstić information content (AvgIpc) is 3.12. The number of aromatic nitrogens is 2. The molecule has 1 fully saturated rings. The fourth-order valence-electron chi connectivity index (χ4n) is 3.78. The highest BCUT2D eigenvalue weighted by Gasteiger charge is 2.26. The third-order valence-electron chi connectivity index (χ3n) is 5.17. The maximum absolute atomic E-state index is 13.3. The minimum Gasteiger partial charge on any atom is -0.338 e.